The van der Waals surface area contributed by atoms with Crippen molar-refractivity contribution in [1.82, 2.24) is 4.72 Å². The Morgan fingerprint density at radius 1 is 1.40 bits per heavy atom. The Labute approximate surface area is 120 Å². The molecule has 1 heterocycles. The average molecular weight is 299 g/mol. The molecular formula is C14H21NO4S. The molecule has 0 radical (unpaired) electrons. The minimum Gasteiger partial charge on any atom is -0.389 e. The minimum atomic E-state index is -3.59. The molecule has 0 aromatic heterocycles. The second-order valence-corrected chi connectivity index (χ2v) is 6.92. The number of hydrogen-bond acceptors (Lipinski definition) is 4. The number of aliphatic hydroxyl groups excluding tert-OH is 1. The molecule has 2 N–H and O–H groups in total. The van der Waals surface area contributed by atoms with Crippen LogP contribution in [0.3, 0.4) is 0 Å². The Bertz CT molecular complexity index is 550. The first kappa shape index (κ1) is 15.4. The van der Waals surface area contributed by atoms with Crippen molar-refractivity contribution in [3.63, 3.8) is 0 Å². The van der Waals surface area contributed by atoms with Gasteiger partial charge in [0.25, 0.3) is 0 Å². The maximum Gasteiger partial charge on any atom is 0.240 e. The van der Waals surface area contributed by atoms with E-state index in [0.29, 0.717) is 12.2 Å². The molecule has 1 aliphatic rings. The first-order chi connectivity index (χ1) is 9.40. The second-order valence-electron chi connectivity index (χ2n) is 5.21. The number of hydrogen-bond donors (Lipinski definition) is 2. The van der Waals surface area contributed by atoms with Gasteiger partial charge in [-0.15, -0.1) is 0 Å². The van der Waals surface area contributed by atoms with Gasteiger partial charge in [-0.3, -0.25) is 0 Å². The van der Waals surface area contributed by atoms with Crippen molar-refractivity contribution < 1.29 is 18.3 Å². The Balaban J connectivity index is 2.15. The lowest BCUT2D eigenvalue weighted by Crippen LogP contribution is -2.40. The van der Waals surface area contributed by atoms with E-state index in [2.05, 4.69) is 4.72 Å². The third-order valence-corrected chi connectivity index (χ3v) is 5.07. The van der Waals surface area contributed by atoms with Crippen LogP contribution in [0.1, 0.15) is 38.4 Å². The highest BCUT2D eigenvalue weighted by Crippen LogP contribution is 2.20. The SMILES string of the molecule is CC(O)c1cccc(S(=O)(=O)NC(C)C2CCCO2)c1. The van der Waals surface area contributed by atoms with Crippen molar-refractivity contribution in [2.75, 3.05) is 6.61 Å². The lowest BCUT2D eigenvalue weighted by molar-refractivity contribution is 0.0902. The lowest BCUT2D eigenvalue weighted by Gasteiger charge is -2.20. The summed E-state index contributed by atoms with van der Waals surface area (Å²) in [5.74, 6) is 0. The van der Waals surface area contributed by atoms with Gasteiger partial charge in [-0.05, 0) is 44.4 Å². The Kier molecular flexibility index (Phi) is 4.80. The summed E-state index contributed by atoms with van der Waals surface area (Å²) < 4.78 is 32.8. The molecular weight excluding hydrogens is 278 g/mol. The van der Waals surface area contributed by atoms with Crippen LogP contribution in [0.4, 0.5) is 0 Å². The summed E-state index contributed by atoms with van der Waals surface area (Å²) in [5, 5.41) is 9.53. The summed E-state index contributed by atoms with van der Waals surface area (Å²) in [5.41, 5.74) is 0.581. The van der Waals surface area contributed by atoms with Crippen molar-refractivity contribution in [1.29, 1.82) is 0 Å². The van der Waals surface area contributed by atoms with E-state index in [1.165, 1.54) is 12.1 Å². The van der Waals surface area contributed by atoms with Gasteiger partial charge >= 0.3 is 0 Å². The third kappa shape index (κ3) is 3.58. The molecule has 2 rings (SSSR count). The van der Waals surface area contributed by atoms with Crippen LogP contribution in [0.25, 0.3) is 0 Å². The van der Waals surface area contributed by atoms with E-state index in [-0.39, 0.29) is 17.0 Å². The average Bonchev–Trinajstić information content (AvgIpc) is 2.92. The Morgan fingerprint density at radius 2 is 2.15 bits per heavy atom. The lowest BCUT2D eigenvalue weighted by atomic mass is 10.1. The quantitative estimate of drug-likeness (QED) is 0.865. The summed E-state index contributed by atoms with van der Waals surface area (Å²) in [6.07, 6.45) is 1.08. The zero-order chi connectivity index (χ0) is 14.8. The van der Waals surface area contributed by atoms with E-state index in [1.54, 1.807) is 19.1 Å². The highest BCUT2D eigenvalue weighted by atomic mass is 32.2. The van der Waals surface area contributed by atoms with Gasteiger partial charge in [-0.1, -0.05) is 12.1 Å². The van der Waals surface area contributed by atoms with E-state index < -0.39 is 16.1 Å². The molecule has 1 aliphatic heterocycles. The van der Waals surface area contributed by atoms with Crippen molar-refractivity contribution in [3.8, 4) is 0 Å². The maximum absolute atomic E-state index is 12.3. The number of sulfonamides is 1. The fourth-order valence-electron chi connectivity index (χ4n) is 2.33. The van der Waals surface area contributed by atoms with Crippen LogP contribution in [0.15, 0.2) is 29.2 Å². The predicted molar refractivity (Wildman–Crippen MR) is 75.8 cm³/mol. The first-order valence-electron chi connectivity index (χ1n) is 6.82. The van der Waals surface area contributed by atoms with E-state index in [1.807, 2.05) is 6.92 Å². The fourth-order valence-corrected chi connectivity index (χ4v) is 3.65. The summed E-state index contributed by atoms with van der Waals surface area (Å²) in [4.78, 5) is 0.167. The number of benzene rings is 1. The third-order valence-electron chi connectivity index (χ3n) is 3.51. The van der Waals surface area contributed by atoms with Crippen molar-refractivity contribution >= 4 is 10.0 Å². The maximum atomic E-state index is 12.3. The first-order valence-corrected chi connectivity index (χ1v) is 8.30. The molecule has 20 heavy (non-hydrogen) atoms. The Hall–Kier alpha value is -0.950. The fraction of sp³-hybridized carbons (Fsp3) is 0.571. The largest absolute Gasteiger partial charge is 0.389 e. The summed E-state index contributed by atoms with van der Waals surface area (Å²) in [6, 6.07) is 6.09. The van der Waals surface area contributed by atoms with Crippen LogP contribution in [0.5, 0.6) is 0 Å². The van der Waals surface area contributed by atoms with Gasteiger partial charge in [0.1, 0.15) is 0 Å². The van der Waals surface area contributed by atoms with Crippen LogP contribution in [-0.2, 0) is 14.8 Å². The topological polar surface area (TPSA) is 75.6 Å². The monoisotopic (exact) mass is 299 g/mol. The normalized spacial score (nSPS) is 22.6. The molecule has 1 aromatic rings. The number of nitrogens with one attached hydrogen (secondary N) is 1. The molecule has 0 amide bonds. The van der Waals surface area contributed by atoms with Gasteiger partial charge in [0.2, 0.25) is 10.0 Å². The van der Waals surface area contributed by atoms with Gasteiger partial charge in [0.15, 0.2) is 0 Å². The highest BCUT2D eigenvalue weighted by Gasteiger charge is 2.27. The summed E-state index contributed by atoms with van der Waals surface area (Å²) in [7, 11) is -3.59. The second kappa shape index (κ2) is 6.22. The van der Waals surface area contributed by atoms with Gasteiger partial charge in [0.05, 0.1) is 17.1 Å². The summed E-state index contributed by atoms with van der Waals surface area (Å²) >= 11 is 0. The Morgan fingerprint density at radius 3 is 2.75 bits per heavy atom. The van der Waals surface area contributed by atoms with E-state index in [4.69, 9.17) is 4.74 Å². The van der Waals surface area contributed by atoms with Gasteiger partial charge < -0.3 is 9.84 Å². The summed E-state index contributed by atoms with van der Waals surface area (Å²) in [6.45, 7) is 4.11. The number of rotatable bonds is 5. The minimum absolute atomic E-state index is 0.0651. The molecule has 1 aromatic carbocycles. The van der Waals surface area contributed by atoms with Crippen LogP contribution in [0, 0.1) is 0 Å². The molecule has 3 atom stereocenters. The molecule has 0 aliphatic carbocycles. The van der Waals surface area contributed by atoms with Crippen LogP contribution < -0.4 is 4.72 Å². The van der Waals surface area contributed by atoms with Gasteiger partial charge in [-0.25, -0.2) is 13.1 Å². The van der Waals surface area contributed by atoms with E-state index in [0.717, 1.165) is 12.8 Å². The number of ether oxygens (including phenoxy) is 1. The zero-order valence-corrected chi connectivity index (χ0v) is 12.6. The van der Waals surface area contributed by atoms with E-state index in [9.17, 15) is 13.5 Å². The van der Waals surface area contributed by atoms with Gasteiger partial charge in [-0.2, -0.15) is 0 Å². The standard InChI is InChI=1S/C14H21NO4S/c1-10(14-7-4-8-19-14)15-20(17,18)13-6-3-5-12(9-13)11(2)16/h3,5-6,9-11,14-16H,4,7-8H2,1-2H3. The predicted octanol–water partition coefficient (Wildman–Crippen LogP) is 1.59. The van der Waals surface area contributed by atoms with Gasteiger partial charge in [0, 0.05) is 12.6 Å². The van der Waals surface area contributed by atoms with Crippen LogP contribution in [-0.4, -0.2) is 32.3 Å². The molecule has 0 spiro atoms. The number of aliphatic hydroxyl groups is 1. The van der Waals surface area contributed by atoms with Crippen molar-refractivity contribution in [2.24, 2.45) is 0 Å². The van der Waals surface area contributed by atoms with Crippen molar-refractivity contribution in [2.45, 2.75) is 49.8 Å². The molecule has 0 bridgehead atoms. The van der Waals surface area contributed by atoms with E-state index >= 15 is 0 Å². The van der Waals surface area contributed by atoms with Crippen LogP contribution in [0.2, 0.25) is 0 Å². The highest BCUT2D eigenvalue weighted by molar-refractivity contribution is 7.89. The molecule has 0 saturated carbocycles. The molecule has 6 heteroatoms. The molecule has 112 valence electrons. The molecule has 1 saturated heterocycles. The smallest absolute Gasteiger partial charge is 0.240 e. The molecule has 1 fully saturated rings. The molecule has 5 nitrogen and oxygen atoms in total. The zero-order valence-electron chi connectivity index (χ0n) is 11.7. The van der Waals surface area contributed by atoms with Crippen molar-refractivity contribution in [3.05, 3.63) is 29.8 Å². The van der Waals surface area contributed by atoms with Crippen LogP contribution >= 0.6 is 0 Å². The molecule has 3 unspecified atom stereocenters.